The van der Waals surface area contributed by atoms with Crippen molar-refractivity contribution in [2.24, 2.45) is 5.41 Å². The van der Waals surface area contributed by atoms with Crippen molar-refractivity contribution < 1.29 is 0 Å². The monoisotopic (exact) mass is 275 g/mol. The first-order valence-electron chi connectivity index (χ1n) is 8.38. The summed E-state index contributed by atoms with van der Waals surface area (Å²) < 4.78 is 2.43. The van der Waals surface area contributed by atoms with Crippen LogP contribution in [0.5, 0.6) is 0 Å². The molecule has 0 radical (unpaired) electrons. The van der Waals surface area contributed by atoms with Gasteiger partial charge in [-0.15, -0.1) is 0 Å². The summed E-state index contributed by atoms with van der Waals surface area (Å²) in [5.41, 5.74) is 1.55. The first-order chi connectivity index (χ1) is 9.56. The Labute approximate surface area is 123 Å². The van der Waals surface area contributed by atoms with Crippen LogP contribution in [-0.4, -0.2) is 15.6 Å². The summed E-state index contributed by atoms with van der Waals surface area (Å²) >= 11 is 0. The molecule has 2 fully saturated rings. The standard InChI is InChI=1S/C17H29N3/c1-13-12-20(14-8-5-4-6-9-14)16(18-13)19-15-10-7-11-17(15,2)3/h12,14-15H,4-11H2,1-3H3,(H,18,19). The molecule has 112 valence electrons. The van der Waals surface area contributed by atoms with Crippen molar-refractivity contribution >= 4 is 5.95 Å². The first-order valence-corrected chi connectivity index (χ1v) is 8.38. The number of hydrogen-bond acceptors (Lipinski definition) is 2. The van der Waals surface area contributed by atoms with E-state index in [1.54, 1.807) is 0 Å². The quantitative estimate of drug-likeness (QED) is 0.867. The highest BCUT2D eigenvalue weighted by Gasteiger charge is 2.35. The minimum atomic E-state index is 0.400. The zero-order chi connectivity index (χ0) is 14.2. The van der Waals surface area contributed by atoms with Crippen LogP contribution in [0, 0.1) is 12.3 Å². The van der Waals surface area contributed by atoms with Crippen molar-refractivity contribution in [1.29, 1.82) is 0 Å². The van der Waals surface area contributed by atoms with Crippen molar-refractivity contribution in [2.75, 3.05) is 5.32 Å². The Morgan fingerprint density at radius 3 is 2.55 bits per heavy atom. The number of aromatic nitrogens is 2. The number of rotatable bonds is 3. The third kappa shape index (κ3) is 2.72. The summed E-state index contributed by atoms with van der Waals surface area (Å²) in [7, 11) is 0. The molecule has 1 aromatic heterocycles. The average Bonchev–Trinajstić information content (AvgIpc) is 2.94. The lowest BCUT2D eigenvalue weighted by atomic mass is 9.87. The molecule has 2 aliphatic rings. The fraction of sp³-hybridized carbons (Fsp3) is 0.824. The smallest absolute Gasteiger partial charge is 0.203 e. The lowest BCUT2D eigenvalue weighted by Crippen LogP contribution is -2.32. The second-order valence-corrected chi connectivity index (χ2v) is 7.48. The molecule has 1 atom stereocenters. The van der Waals surface area contributed by atoms with Gasteiger partial charge in [0.1, 0.15) is 0 Å². The van der Waals surface area contributed by atoms with Crippen molar-refractivity contribution in [3.8, 4) is 0 Å². The first kappa shape index (κ1) is 14.0. The fourth-order valence-corrected chi connectivity index (χ4v) is 4.01. The normalized spacial score (nSPS) is 26.9. The van der Waals surface area contributed by atoms with Gasteiger partial charge in [-0.3, -0.25) is 0 Å². The van der Waals surface area contributed by atoms with Gasteiger partial charge in [0.2, 0.25) is 5.95 Å². The fourth-order valence-electron chi connectivity index (χ4n) is 4.01. The third-order valence-electron chi connectivity index (χ3n) is 5.38. The summed E-state index contributed by atoms with van der Waals surface area (Å²) in [6, 6.07) is 1.24. The Balaban J connectivity index is 1.79. The van der Waals surface area contributed by atoms with E-state index in [9.17, 15) is 0 Å². The lowest BCUT2D eigenvalue weighted by molar-refractivity contribution is 0.337. The second-order valence-electron chi connectivity index (χ2n) is 7.48. The van der Waals surface area contributed by atoms with Gasteiger partial charge in [0.25, 0.3) is 0 Å². The second kappa shape index (κ2) is 5.42. The van der Waals surface area contributed by atoms with Crippen LogP contribution in [0.3, 0.4) is 0 Å². The number of imidazole rings is 1. The van der Waals surface area contributed by atoms with Crippen molar-refractivity contribution in [3.63, 3.8) is 0 Å². The molecule has 0 aliphatic heterocycles. The number of nitrogens with one attached hydrogen (secondary N) is 1. The minimum Gasteiger partial charge on any atom is -0.352 e. The van der Waals surface area contributed by atoms with E-state index in [1.165, 1.54) is 51.4 Å². The predicted molar refractivity (Wildman–Crippen MR) is 84.1 cm³/mol. The maximum Gasteiger partial charge on any atom is 0.203 e. The van der Waals surface area contributed by atoms with Crippen LogP contribution in [-0.2, 0) is 0 Å². The van der Waals surface area contributed by atoms with Gasteiger partial charge in [0.05, 0.1) is 5.69 Å². The number of nitrogens with zero attached hydrogens (tertiary/aromatic N) is 2. The van der Waals surface area contributed by atoms with Crippen LogP contribution in [0.2, 0.25) is 0 Å². The van der Waals surface area contributed by atoms with Gasteiger partial charge in [0.15, 0.2) is 0 Å². The topological polar surface area (TPSA) is 29.9 Å². The van der Waals surface area contributed by atoms with E-state index in [-0.39, 0.29) is 0 Å². The third-order valence-corrected chi connectivity index (χ3v) is 5.38. The van der Waals surface area contributed by atoms with Crippen LogP contribution in [0.15, 0.2) is 6.20 Å². The average molecular weight is 275 g/mol. The molecule has 3 nitrogen and oxygen atoms in total. The van der Waals surface area contributed by atoms with E-state index in [1.807, 2.05) is 0 Å². The Morgan fingerprint density at radius 1 is 1.15 bits per heavy atom. The maximum atomic E-state index is 4.77. The molecule has 3 rings (SSSR count). The number of aryl methyl sites for hydroxylation is 1. The van der Waals surface area contributed by atoms with Gasteiger partial charge in [-0.05, 0) is 38.0 Å². The molecule has 1 unspecified atom stereocenters. The molecule has 3 heteroatoms. The van der Waals surface area contributed by atoms with Crippen LogP contribution < -0.4 is 5.32 Å². The van der Waals surface area contributed by atoms with E-state index in [0.717, 1.165) is 11.6 Å². The highest BCUT2D eigenvalue weighted by molar-refractivity contribution is 5.32. The van der Waals surface area contributed by atoms with Gasteiger partial charge < -0.3 is 9.88 Å². The van der Waals surface area contributed by atoms with Crippen LogP contribution >= 0.6 is 0 Å². The van der Waals surface area contributed by atoms with E-state index >= 15 is 0 Å². The molecule has 0 saturated heterocycles. The Bertz CT molecular complexity index is 455. The van der Waals surface area contributed by atoms with Crippen molar-refractivity contribution in [3.05, 3.63) is 11.9 Å². The Kier molecular flexibility index (Phi) is 3.78. The summed E-state index contributed by atoms with van der Waals surface area (Å²) in [5.74, 6) is 1.12. The molecular formula is C17H29N3. The van der Waals surface area contributed by atoms with E-state index in [4.69, 9.17) is 4.98 Å². The van der Waals surface area contributed by atoms with Crippen LogP contribution in [0.25, 0.3) is 0 Å². The molecule has 0 bridgehead atoms. The van der Waals surface area contributed by atoms with Gasteiger partial charge in [-0.25, -0.2) is 4.98 Å². The Hall–Kier alpha value is -0.990. The highest BCUT2D eigenvalue weighted by Crippen LogP contribution is 2.39. The molecule has 2 saturated carbocycles. The van der Waals surface area contributed by atoms with Gasteiger partial charge in [-0.2, -0.15) is 0 Å². The summed E-state index contributed by atoms with van der Waals surface area (Å²) in [4.78, 5) is 4.77. The zero-order valence-corrected chi connectivity index (χ0v) is 13.3. The summed E-state index contributed by atoms with van der Waals surface area (Å²) in [5, 5.41) is 3.77. The SMILES string of the molecule is Cc1cn(C2CCCCC2)c(NC2CCCC2(C)C)n1. The number of anilines is 1. The maximum absolute atomic E-state index is 4.77. The summed E-state index contributed by atoms with van der Waals surface area (Å²) in [6.45, 7) is 6.89. The molecule has 2 aliphatic carbocycles. The molecule has 1 N–H and O–H groups in total. The molecule has 0 amide bonds. The molecule has 0 spiro atoms. The molecule has 1 heterocycles. The molecule has 0 aromatic carbocycles. The van der Waals surface area contributed by atoms with Gasteiger partial charge in [-0.1, -0.05) is 39.5 Å². The minimum absolute atomic E-state index is 0.400. The van der Waals surface area contributed by atoms with Gasteiger partial charge >= 0.3 is 0 Å². The molecule has 20 heavy (non-hydrogen) atoms. The largest absolute Gasteiger partial charge is 0.352 e. The van der Waals surface area contributed by atoms with Crippen LogP contribution in [0.4, 0.5) is 5.95 Å². The molecular weight excluding hydrogens is 246 g/mol. The molecule has 1 aromatic rings. The zero-order valence-electron chi connectivity index (χ0n) is 13.3. The Morgan fingerprint density at radius 2 is 1.90 bits per heavy atom. The lowest BCUT2D eigenvalue weighted by Gasteiger charge is -2.30. The van der Waals surface area contributed by atoms with Crippen LogP contribution in [0.1, 0.15) is 76.9 Å². The van der Waals surface area contributed by atoms with Gasteiger partial charge in [0, 0.05) is 18.3 Å². The van der Waals surface area contributed by atoms with Crippen molar-refractivity contribution in [2.45, 2.75) is 84.2 Å². The van der Waals surface area contributed by atoms with E-state index in [0.29, 0.717) is 17.5 Å². The summed E-state index contributed by atoms with van der Waals surface area (Å²) in [6.07, 6.45) is 13.0. The van der Waals surface area contributed by atoms with E-state index < -0.39 is 0 Å². The highest BCUT2D eigenvalue weighted by atomic mass is 15.2. The number of hydrogen-bond donors (Lipinski definition) is 1. The van der Waals surface area contributed by atoms with Crippen molar-refractivity contribution in [1.82, 2.24) is 9.55 Å². The van der Waals surface area contributed by atoms with E-state index in [2.05, 4.69) is 36.9 Å². The predicted octanol–water partition coefficient (Wildman–Crippen LogP) is 4.69.